The number of benzene rings is 2. The van der Waals surface area contributed by atoms with Crippen LogP contribution in [-0.2, 0) is 11.3 Å². The Morgan fingerprint density at radius 2 is 1.96 bits per heavy atom. The van der Waals surface area contributed by atoms with Crippen molar-refractivity contribution in [2.45, 2.75) is 25.4 Å². The first-order chi connectivity index (χ1) is 12.0. The highest BCUT2D eigenvalue weighted by molar-refractivity contribution is 5.92. The maximum Gasteiger partial charge on any atom is 0.270 e. The highest BCUT2D eigenvalue weighted by atomic mass is 19.1. The number of hydrogen-bond acceptors (Lipinski definition) is 3. The first-order valence-corrected chi connectivity index (χ1v) is 8.00. The van der Waals surface area contributed by atoms with E-state index in [4.69, 9.17) is 0 Å². The molecule has 0 spiro atoms. The zero-order chi connectivity index (χ0) is 17.8. The second kappa shape index (κ2) is 7.25. The molecular weight excluding hydrogens is 323 g/mol. The van der Waals surface area contributed by atoms with Gasteiger partial charge in [0.2, 0.25) is 5.91 Å². The van der Waals surface area contributed by atoms with Gasteiger partial charge >= 0.3 is 0 Å². The van der Waals surface area contributed by atoms with Gasteiger partial charge in [-0.1, -0.05) is 24.3 Å². The predicted octanol–water partition coefficient (Wildman–Crippen LogP) is 3.94. The maximum absolute atomic E-state index is 13.0. The molecule has 0 unspecified atom stereocenters. The third-order valence-electron chi connectivity index (χ3n) is 4.04. The Kier molecular flexibility index (Phi) is 4.88. The van der Waals surface area contributed by atoms with Crippen molar-refractivity contribution in [1.29, 1.82) is 0 Å². The van der Waals surface area contributed by atoms with Gasteiger partial charge in [-0.05, 0) is 42.2 Å². The summed E-state index contributed by atoms with van der Waals surface area (Å²) < 4.78 is 13.0. The molecular formula is C19H17FN2O3. The molecule has 25 heavy (non-hydrogen) atoms. The highest BCUT2D eigenvalue weighted by Gasteiger charge is 2.31. The van der Waals surface area contributed by atoms with Gasteiger partial charge in [-0.25, -0.2) is 4.39 Å². The Hall–Kier alpha value is -3.02. The van der Waals surface area contributed by atoms with Gasteiger partial charge in [-0.15, -0.1) is 0 Å². The summed E-state index contributed by atoms with van der Waals surface area (Å²) in [4.78, 5) is 24.6. The van der Waals surface area contributed by atoms with Crippen molar-refractivity contribution in [2.75, 3.05) is 0 Å². The fourth-order valence-electron chi connectivity index (χ4n) is 2.56. The summed E-state index contributed by atoms with van der Waals surface area (Å²) in [6.45, 7) is 0.420. The van der Waals surface area contributed by atoms with Crippen LogP contribution in [0.15, 0.2) is 54.6 Å². The molecule has 0 aromatic heterocycles. The lowest BCUT2D eigenvalue weighted by Gasteiger charge is -2.21. The Morgan fingerprint density at radius 3 is 2.60 bits per heavy atom. The van der Waals surface area contributed by atoms with E-state index in [2.05, 4.69) is 0 Å². The van der Waals surface area contributed by atoms with E-state index in [0.29, 0.717) is 12.1 Å². The molecule has 1 fully saturated rings. The third-order valence-corrected chi connectivity index (χ3v) is 4.04. The zero-order valence-corrected chi connectivity index (χ0v) is 13.5. The largest absolute Gasteiger partial charge is 0.332 e. The fourth-order valence-corrected chi connectivity index (χ4v) is 2.56. The number of carbonyl (C=O) groups excluding carboxylic acids is 1. The number of rotatable bonds is 6. The average Bonchev–Trinajstić information content (AvgIpc) is 3.44. The van der Waals surface area contributed by atoms with Gasteiger partial charge in [0.25, 0.3) is 5.69 Å². The van der Waals surface area contributed by atoms with Crippen LogP contribution in [0.1, 0.15) is 24.0 Å². The van der Waals surface area contributed by atoms with Crippen molar-refractivity contribution < 1.29 is 14.1 Å². The van der Waals surface area contributed by atoms with Gasteiger partial charge in [0.1, 0.15) is 5.82 Å². The fraction of sp³-hybridized carbons (Fsp3) is 0.211. The molecule has 0 heterocycles. The molecule has 0 aliphatic heterocycles. The van der Waals surface area contributed by atoms with Crippen LogP contribution in [0, 0.1) is 15.9 Å². The van der Waals surface area contributed by atoms with Crippen LogP contribution in [0.4, 0.5) is 10.1 Å². The number of nitro benzene ring substituents is 1. The maximum atomic E-state index is 13.0. The molecule has 1 aliphatic carbocycles. The highest BCUT2D eigenvalue weighted by Crippen LogP contribution is 2.29. The van der Waals surface area contributed by atoms with Crippen LogP contribution in [0.2, 0.25) is 0 Å². The lowest BCUT2D eigenvalue weighted by molar-refractivity contribution is -0.384. The van der Waals surface area contributed by atoms with Crippen LogP contribution in [0.5, 0.6) is 0 Å². The number of non-ortho nitro benzene ring substituents is 1. The van der Waals surface area contributed by atoms with Crippen LogP contribution in [-0.4, -0.2) is 21.8 Å². The molecule has 0 atom stereocenters. The summed E-state index contributed by atoms with van der Waals surface area (Å²) in [7, 11) is 0. The molecule has 1 amide bonds. The lowest BCUT2D eigenvalue weighted by atomic mass is 10.1. The number of amides is 1. The molecule has 5 nitrogen and oxygen atoms in total. The van der Waals surface area contributed by atoms with Crippen molar-refractivity contribution in [2.24, 2.45) is 0 Å². The summed E-state index contributed by atoms with van der Waals surface area (Å²) in [6.07, 6.45) is 4.92. The smallest absolute Gasteiger partial charge is 0.270 e. The van der Waals surface area contributed by atoms with E-state index >= 15 is 0 Å². The summed E-state index contributed by atoms with van der Waals surface area (Å²) >= 11 is 0. The minimum atomic E-state index is -0.468. The quantitative estimate of drug-likeness (QED) is 0.454. The molecule has 2 aromatic rings. The second-order valence-electron chi connectivity index (χ2n) is 6.01. The Labute approximate surface area is 144 Å². The van der Waals surface area contributed by atoms with Crippen molar-refractivity contribution in [3.63, 3.8) is 0 Å². The van der Waals surface area contributed by atoms with Crippen molar-refractivity contribution in [3.05, 3.63) is 81.7 Å². The van der Waals surface area contributed by atoms with Gasteiger partial charge in [-0.3, -0.25) is 14.9 Å². The van der Waals surface area contributed by atoms with E-state index in [9.17, 15) is 19.3 Å². The molecule has 1 aliphatic rings. The SMILES string of the molecule is O=C(/C=C/c1cccc([N+](=O)[O-])c1)N(Cc1ccc(F)cc1)C1CC1. The molecule has 128 valence electrons. The van der Waals surface area contributed by atoms with Crippen molar-refractivity contribution >= 4 is 17.7 Å². The predicted molar refractivity (Wildman–Crippen MR) is 92.1 cm³/mol. The minimum Gasteiger partial charge on any atom is -0.332 e. The number of halogens is 1. The molecule has 3 rings (SSSR count). The van der Waals surface area contributed by atoms with Crippen LogP contribution < -0.4 is 0 Å². The van der Waals surface area contributed by atoms with E-state index in [1.54, 1.807) is 35.2 Å². The third kappa shape index (κ3) is 4.50. The lowest BCUT2D eigenvalue weighted by Crippen LogP contribution is -2.31. The zero-order valence-electron chi connectivity index (χ0n) is 13.5. The van der Waals surface area contributed by atoms with E-state index in [0.717, 1.165) is 18.4 Å². The van der Waals surface area contributed by atoms with E-state index < -0.39 is 4.92 Å². The van der Waals surface area contributed by atoms with Gasteiger partial charge < -0.3 is 4.90 Å². The topological polar surface area (TPSA) is 63.4 Å². The summed E-state index contributed by atoms with van der Waals surface area (Å²) in [5.41, 5.74) is 1.45. The van der Waals surface area contributed by atoms with Crippen LogP contribution >= 0.6 is 0 Å². The van der Waals surface area contributed by atoms with Gasteiger partial charge in [0, 0.05) is 30.8 Å². The molecule has 0 saturated heterocycles. The number of nitrogens with zero attached hydrogens (tertiary/aromatic N) is 2. The minimum absolute atomic E-state index is 0.0139. The van der Waals surface area contributed by atoms with E-state index in [-0.39, 0.29) is 23.5 Å². The first kappa shape index (κ1) is 16.8. The molecule has 2 aromatic carbocycles. The molecule has 1 saturated carbocycles. The molecule has 0 N–H and O–H groups in total. The van der Waals surface area contributed by atoms with Crippen LogP contribution in [0.25, 0.3) is 6.08 Å². The normalized spacial score (nSPS) is 13.8. The number of nitro groups is 1. The molecule has 6 heteroatoms. The Balaban J connectivity index is 1.71. The summed E-state index contributed by atoms with van der Waals surface area (Å²) in [5.74, 6) is -0.461. The Bertz CT molecular complexity index is 814. The van der Waals surface area contributed by atoms with Crippen molar-refractivity contribution in [3.8, 4) is 0 Å². The van der Waals surface area contributed by atoms with Gasteiger partial charge in [0.15, 0.2) is 0 Å². The number of hydrogen-bond donors (Lipinski definition) is 0. The second-order valence-corrected chi connectivity index (χ2v) is 6.01. The van der Waals surface area contributed by atoms with Crippen LogP contribution in [0.3, 0.4) is 0 Å². The average molecular weight is 340 g/mol. The summed E-state index contributed by atoms with van der Waals surface area (Å²) in [6, 6.07) is 12.4. The molecule has 0 radical (unpaired) electrons. The van der Waals surface area contributed by atoms with E-state index in [1.807, 2.05) is 0 Å². The standard InChI is InChI=1S/C19H17FN2O3/c20-16-7-4-15(5-8-16)13-21(17-9-10-17)19(23)11-6-14-2-1-3-18(12-14)22(24)25/h1-8,11-12,17H,9-10,13H2/b11-6+. The van der Waals surface area contributed by atoms with E-state index in [1.165, 1.54) is 30.3 Å². The van der Waals surface area contributed by atoms with Gasteiger partial charge in [-0.2, -0.15) is 0 Å². The Morgan fingerprint density at radius 1 is 1.24 bits per heavy atom. The number of carbonyl (C=O) groups is 1. The monoisotopic (exact) mass is 340 g/mol. The molecule has 0 bridgehead atoms. The summed E-state index contributed by atoms with van der Waals surface area (Å²) in [5, 5.41) is 10.8. The van der Waals surface area contributed by atoms with Gasteiger partial charge in [0.05, 0.1) is 4.92 Å². The first-order valence-electron chi connectivity index (χ1n) is 8.00. The van der Waals surface area contributed by atoms with Crippen molar-refractivity contribution in [1.82, 2.24) is 4.90 Å².